The topological polar surface area (TPSA) is 54.4 Å². The molecule has 0 spiro atoms. The molecule has 0 aliphatic carbocycles. The second-order valence-electron chi connectivity index (χ2n) is 1.28. The van der Waals surface area contributed by atoms with Gasteiger partial charge in [-0.05, 0) is 0 Å². The molecule has 3 nitrogen and oxygen atoms in total. The number of halogens is 3. The molecule has 0 atom stereocenters. The third-order valence-corrected chi connectivity index (χ3v) is 0.985. The van der Waals surface area contributed by atoms with E-state index in [2.05, 4.69) is 6.58 Å². The molecular formula is C4H8F3LiO3S. The SMILES string of the molecule is C=CCS(=O)(=O)O.FC(F)F.[LiH]. The van der Waals surface area contributed by atoms with E-state index < -0.39 is 16.8 Å². The molecule has 0 amide bonds. The Morgan fingerprint density at radius 3 is 1.67 bits per heavy atom. The van der Waals surface area contributed by atoms with Gasteiger partial charge in [0.15, 0.2) is 0 Å². The first-order valence-corrected chi connectivity index (χ1v) is 3.88. The van der Waals surface area contributed by atoms with Gasteiger partial charge in [0, 0.05) is 0 Å². The molecular weight excluding hydrogens is 192 g/mol. The van der Waals surface area contributed by atoms with Crippen molar-refractivity contribution < 1.29 is 26.1 Å². The van der Waals surface area contributed by atoms with Crippen molar-refractivity contribution in [2.45, 2.75) is 6.68 Å². The molecule has 0 aromatic carbocycles. The Morgan fingerprint density at radius 1 is 1.42 bits per heavy atom. The van der Waals surface area contributed by atoms with E-state index in [1.54, 1.807) is 0 Å². The zero-order valence-corrected chi connectivity index (χ0v) is 6.19. The maximum absolute atomic E-state index is 9.72. The average Bonchev–Trinajstić information content (AvgIpc) is 1.58. The van der Waals surface area contributed by atoms with Crippen LogP contribution in [-0.2, 0) is 10.1 Å². The summed E-state index contributed by atoms with van der Waals surface area (Å²) in [5.74, 6) is -0.368. The van der Waals surface area contributed by atoms with Gasteiger partial charge in [-0.1, -0.05) is 6.08 Å². The maximum atomic E-state index is 9.72. The van der Waals surface area contributed by atoms with Crippen LogP contribution in [0.4, 0.5) is 13.2 Å². The molecule has 0 aromatic rings. The normalized spacial score (nSPS) is 9.42. The van der Waals surface area contributed by atoms with Gasteiger partial charge >= 0.3 is 25.5 Å². The molecule has 0 aromatic heterocycles. The molecule has 1 N–H and O–H groups in total. The Hall–Kier alpha value is 0.0374. The van der Waals surface area contributed by atoms with Crippen molar-refractivity contribution >= 4 is 29.0 Å². The quantitative estimate of drug-likeness (QED) is 0.403. The van der Waals surface area contributed by atoms with Crippen LogP contribution >= 0.6 is 0 Å². The molecule has 0 saturated carbocycles. The summed E-state index contributed by atoms with van der Waals surface area (Å²) in [6.07, 6.45) is 1.12. The van der Waals surface area contributed by atoms with E-state index in [0.717, 1.165) is 6.08 Å². The summed E-state index contributed by atoms with van der Waals surface area (Å²) in [6.45, 7) is -0.560. The van der Waals surface area contributed by atoms with Gasteiger partial charge in [0.25, 0.3) is 10.1 Å². The van der Waals surface area contributed by atoms with Crippen LogP contribution < -0.4 is 0 Å². The van der Waals surface area contributed by atoms with Crippen LogP contribution in [0.25, 0.3) is 0 Å². The van der Waals surface area contributed by atoms with E-state index in [-0.39, 0.29) is 24.6 Å². The number of hydrogen-bond acceptors (Lipinski definition) is 2. The summed E-state index contributed by atoms with van der Waals surface area (Å²) in [7, 11) is -3.79. The molecule has 0 rings (SSSR count). The van der Waals surface area contributed by atoms with E-state index >= 15 is 0 Å². The van der Waals surface area contributed by atoms with Crippen molar-refractivity contribution in [3.63, 3.8) is 0 Å². The van der Waals surface area contributed by atoms with Gasteiger partial charge in [-0.3, -0.25) is 4.55 Å². The average molecular weight is 200 g/mol. The predicted molar refractivity (Wildman–Crippen MR) is 40.9 cm³/mol. The molecule has 0 saturated heterocycles. The van der Waals surface area contributed by atoms with E-state index in [1.165, 1.54) is 0 Å². The fourth-order valence-electron chi connectivity index (χ4n) is 0.149. The minimum absolute atomic E-state index is 0. The molecule has 0 fully saturated rings. The molecule has 0 bridgehead atoms. The van der Waals surface area contributed by atoms with Crippen molar-refractivity contribution in [2.75, 3.05) is 5.75 Å². The van der Waals surface area contributed by atoms with Gasteiger partial charge in [0.2, 0.25) is 0 Å². The summed E-state index contributed by atoms with van der Waals surface area (Å²) in [5.41, 5.74) is 0. The van der Waals surface area contributed by atoms with Gasteiger partial charge in [-0.2, -0.15) is 21.6 Å². The van der Waals surface area contributed by atoms with E-state index in [1.807, 2.05) is 0 Å². The number of hydrogen-bond donors (Lipinski definition) is 1. The molecule has 0 aliphatic rings. The summed E-state index contributed by atoms with van der Waals surface area (Å²) < 4.78 is 56.3. The number of alkyl halides is 3. The van der Waals surface area contributed by atoms with E-state index in [4.69, 9.17) is 4.55 Å². The van der Waals surface area contributed by atoms with Crippen LogP contribution in [0.1, 0.15) is 0 Å². The van der Waals surface area contributed by atoms with Gasteiger partial charge in [0.1, 0.15) is 0 Å². The predicted octanol–water partition coefficient (Wildman–Crippen LogP) is 0.590. The molecule has 8 heteroatoms. The molecule has 70 valence electrons. The first-order chi connectivity index (χ1) is 4.79. The van der Waals surface area contributed by atoms with Crippen LogP contribution in [-0.4, -0.2) is 44.3 Å². The third kappa shape index (κ3) is 50.3. The van der Waals surface area contributed by atoms with Crippen LogP contribution in [0, 0.1) is 0 Å². The monoisotopic (exact) mass is 200 g/mol. The zero-order valence-electron chi connectivity index (χ0n) is 5.37. The van der Waals surface area contributed by atoms with Gasteiger partial charge in [0.05, 0.1) is 5.75 Å². The summed E-state index contributed by atoms with van der Waals surface area (Å²) in [4.78, 5) is 0. The number of rotatable bonds is 2. The molecule has 0 radical (unpaired) electrons. The van der Waals surface area contributed by atoms with Crippen LogP contribution in [0.15, 0.2) is 12.7 Å². The molecule has 0 heterocycles. The van der Waals surface area contributed by atoms with Crippen LogP contribution in [0.5, 0.6) is 0 Å². The molecule has 0 aliphatic heterocycles. The minimum atomic E-state index is -3.79. The Bertz CT molecular complexity index is 189. The second kappa shape index (κ2) is 9.13. The van der Waals surface area contributed by atoms with Crippen molar-refractivity contribution in [3.05, 3.63) is 12.7 Å². The van der Waals surface area contributed by atoms with Crippen molar-refractivity contribution in [1.29, 1.82) is 0 Å². The summed E-state index contributed by atoms with van der Waals surface area (Å²) >= 11 is 0. The molecule has 0 unspecified atom stereocenters. The fraction of sp³-hybridized carbons (Fsp3) is 0.500. The zero-order chi connectivity index (χ0) is 9.49. The van der Waals surface area contributed by atoms with Crippen LogP contribution in [0.2, 0.25) is 0 Å². The van der Waals surface area contributed by atoms with Crippen molar-refractivity contribution in [1.82, 2.24) is 0 Å². The first kappa shape index (κ1) is 18.0. The van der Waals surface area contributed by atoms with Crippen molar-refractivity contribution in [3.8, 4) is 0 Å². The van der Waals surface area contributed by atoms with Gasteiger partial charge in [-0.15, -0.1) is 6.58 Å². The summed E-state index contributed by atoms with van der Waals surface area (Å²) in [5, 5.41) is 0. The van der Waals surface area contributed by atoms with Gasteiger partial charge in [-0.25, -0.2) is 0 Å². The Morgan fingerprint density at radius 2 is 1.67 bits per heavy atom. The van der Waals surface area contributed by atoms with Crippen LogP contribution in [0.3, 0.4) is 0 Å². The van der Waals surface area contributed by atoms with Gasteiger partial charge < -0.3 is 0 Å². The van der Waals surface area contributed by atoms with Crippen molar-refractivity contribution in [2.24, 2.45) is 0 Å². The second-order valence-corrected chi connectivity index (χ2v) is 2.78. The molecule has 12 heavy (non-hydrogen) atoms. The summed E-state index contributed by atoms with van der Waals surface area (Å²) in [6, 6.07) is 0. The Balaban J connectivity index is -0.000000142. The van der Waals surface area contributed by atoms with E-state index in [0.29, 0.717) is 0 Å². The first-order valence-electron chi connectivity index (χ1n) is 2.28. The Kier molecular flexibility index (Phi) is 13.7. The fourth-order valence-corrected chi connectivity index (χ4v) is 0.447. The van der Waals surface area contributed by atoms with E-state index in [9.17, 15) is 21.6 Å². The standard InChI is InChI=1S/C3H6O3S.CHF3.Li.H/c1-2-3-7(4,5)6;2-1(3)4;;/h2H,1,3H2,(H,4,5,6);1H;;. The third-order valence-electron chi connectivity index (χ3n) is 0.328. The Labute approximate surface area is 80.6 Å².